The van der Waals surface area contributed by atoms with Gasteiger partial charge in [-0.3, -0.25) is 0 Å². The van der Waals surface area contributed by atoms with Crippen molar-refractivity contribution in [1.29, 1.82) is 0 Å². The fourth-order valence-corrected chi connectivity index (χ4v) is 2.28. The molecule has 1 fully saturated rings. The predicted molar refractivity (Wildman–Crippen MR) is 61.4 cm³/mol. The van der Waals surface area contributed by atoms with Gasteiger partial charge in [-0.1, -0.05) is 13.8 Å². The molecule has 0 bridgehead atoms. The maximum absolute atomic E-state index is 11.3. The molecule has 0 radical (unpaired) electrons. The molecule has 0 aromatic carbocycles. The molecule has 4 N–H and O–H groups in total. The lowest BCUT2D eigenvalue weighted by Crippen LogP contribution is -2.18. The lowest BCUT2D eigenvalue weighted by molar-refractivity contribution is 0.113. The Bertz CT molecular complexity index is 402. The highest BCUT2D eigenvalue weighted by Gasteiger charge is 2.28. The third kappa shape index (κ3) is 2.05. The van der Waals surface area contributed by atoms with Crippen LogP contribution in [0.4, 0.5) is 0 Å². The molecule has 0 saturated carbocycles. The lowest BCUT2D eigenvalue weighted by Gasteiger charge is -2.18. The first-order valence-electron chi connectivity index (χ1n) is 5.80. The van der Waals surface area contributed by atoms with E-state index in [-0.39, 0.29) is 17.5 Å². The molecule has 1 saturated heterocycles. The zero-order valence-corrected chi connectivity index (χ0v) is 9.71. The van der Waals surface area contributed by atoms with Crippen molar-refractivity contribution in [3.8, 4) is 0 Å². The minimum Gasteiger partial charge on any atom is -0.386 e. The van der Waals surface area contributed by atoms with Crippen LogP contribution in [0.1, 0.15) is 43.7 Å². The van der Waals surface area contributed by atoms with Crippen molar-refractivity contribution < 1.29 is 5.11 Å². The van der Waals surface area contributed by atoms with Gasteiger partial charge in [0, 0.05) is 18.2 Å². The van der Waals surface area contributed by atoms with Gasteiger partial charge in [0.25, 0.3) is 0 Å². The van der Waals surface area contributed by atoms with Crippen LogP contribution in [0.2, 0.25) is 0 Å². The number of nitrogens with one attached hydrogen (secondary N) is 3. The van der Waals surface area contributed by atoms with E-state index in [2.05, 4.69) is 15.3 Å². The predicted octanol–water partition coefficient (Wildman–Crippen LogP) is 0.469. The number of H-pyrrole nitrogens is 2. The first-order chi connectivity index (χ1) is 7.59. The largest absolute Gasteiger partial charge is 0.386 e. The summed E-state index contributed by atoms with van der Waals surface area (Å²) in [5.74, 6) is 0.405. The molecule has 2 unspecified atom stereocenters. The molecular weight excluding hydrogens is 206 g/mol. The number of aliphatic hydroxyl groups is 1. The first-order valence-corrected chi connectivity index (χ1v) is 5.80. The molecule has 2 rings (SSSR count). The number of aromatic amines is 2. The monoisotopic (exact) mass is 225 g/mol. The van der Waals surface area contributed by atoms with Gasteiger partial charge in [-0.15, -0.1) is 0 Å². The van der Waals surface area contributed by atoms with Crippen LogP contribution in [0.3, 0.4) is 0 Å². The Morgan fingerprint density at radius 1 is 1.31 bits per heavy atom. The minimum atomic E-state index is -0.577. The highest BCUT2D eigenvalue weighted by atomic mass is 16.3. The minimum absolute atomic E-state index is 0.198. The number of aromatic nitrogens is 2. The summed E-state index contributed by atoms with van der Waals surface area (Å²) in [4.78, 5) is 16.8. The second-order valence-electron chi connectivity index (χ2n) is 4.76. The lowest BCUT2D eigenvalue weighted by atomic mass is 9.95. The Labute approximate surface area is 94.3 Å². The Hall–Kier alpha value is -1.07. The summed E-state index contributed by atoms with van der Waals surface area (Å²) in [5.41, 5.74) is 1.25. The van der Waals surface area contributed by atoms with E-state index in [9.17, 15) is 9.90 Å². The van der Waals surface area contributed by atoms with Crippen LogP contribution in [-0.2, 0) is 0 Å². The second-order valence-corrected chi connectivity index (χ2v) is 4.76. The Morgan fingerprint density at radius 2 is 2.00 bits per heavy atom. The molecule has 1 aliphatic heterocycles. The van der Waals surface area contributed by atoms with Gasteiger partial charge in [-0.05, 0) is 18.9 Å². The summed E-state index contributed by atoms with van der Waals surface area (Å²) in [6.45, 7) is 5.75. The molecule has 16 heavy (non-hydrogen) atoms. The standard InChI is InChI=1S/C11H19N3O2/c1-6(2)8-9(14-11(16)13-8)10(15)7-3-4-12-5-7/h6-7,10,12,15H,3-5H2,1-2H3,(H2,13,14,16). The number of rotatable bonds is 3. The van der Waals surface area contributed by atoms with E-state index >= 15 is 0 Å². The van der Waals surface area contributed by atoms with Crippen LogP contribution in [0.25, 0.3) is 0 Å². The average molecular weight is 225 g/mol. The Kier molecular flexibility index (Phi) is 3.16. The van der Waals surface area contributed by atoms with Crippen LogP contribution in [0, 0.1) is 5.92 Å². The smallest absolute Gasteiger partial charge is 0.323 e. The maximum atomic E-state index is 11.3. The normalized spacial score (nSPS) is 22.9. The highest BCUT2D eigenvalue weighted by Crippen LogP contribution is 2.28. The molecule has 1 aromatic heterocycles. The van der Waals surface area contributed by atoms with Gasteiger partial charge in [0.15, 0.2) is 0 Å². The van der Waals surface area contributed by atoms with Crippen molar-refractivity contribution in [3.63, 3.8) is 0 Å². The summed E-state index contributed by atoms with van der Waals surface area (Å²) in [6, 6.07) is 0. The molecule has 0 amide bonds. The second kappa shape index (κ2) is 4.43. The van der Waals surface area contributed by atoms with Crippen molar-refractivity contribution in [3.05, 3.63) is 21.9 Å². The van der Waals surface area contributed by atoms with E-state index in [1.54, 1.807) is 0 Å². The maximum Gasteiger partial charge on any atom is 0.323 e. The summed E-state index contributed by atoms with van der Waals surface area (Å²) >= 11 is 0. The summed E-state index contributed by atoms with van der Waals surface area (Å²) in [6.07, 6.45) is 0.373. The van der Waals surface area contributed by atoms with E-state index in [1.807, 2.05) is 13.8 Å². The van der Waals surface area contributed by atoms with E-state index in [4.69, 9.17) is 0 Å². The molecule has 0 spiro atoms. The molecule has 2 heterocycles. The highest BCUT2D eigenvalue weighted by molar-refractivity contribution is 5.18. The van der Waals surface area contributed by atoms with Gasteiger partial charge in [-0.2, -0.15) is 0 Å². The molecule has 0 aliphatic carbocycles. The fraction of sp³-hybridized carbons (Fsp3) is 0.727. The summed E-state index contributed by atoms with van der Waals surface area (Å²) in [7, 11) is 0. The summed E-state index contributed by atoms with van der Waals surface area (Å²) < 4.78 is 0. The van der Waals surface area contributed by atoms with Crippen molar-refractivity contribution in [2.75, 3.05) is 13.1 Å². The van der Waals surface area contributed by atoms with Crippen molar-refractivity contribution in [2.24, 2.45) is 5.92 Å². The zero-order chi connectivity index (χ0) is 11.7. The van der Waals surface area contributed by atoms with Gasteiger partial charge in [0.1, 0.15) is 0 Å². The van der Waals surface area contributed by atoms with Crippen molar-refractivity contribution in [1.82, 2.24) is 15.3 Å². The molecular formula is C11H19N3O2. The molecule has 1 aliphatic rings. The van der Waals surface area contributed by atoms with E-state index in [0.717, 1.165) is 25.2 Å². The fourth-order valence-electron chi connectivity index (χ4n) is 2.28. The summed E-state index contributed by atoms with van der Waals surface area (Å²) in [5, 5.41) is 13.4. The van der Waals surface area contributed by atoms with Crippen LogP contribution >= 0.6 is 0 Å². The third-order valence-electron chi connectivity index (χ3n) is 3.20. The number of hydrogen-bond donors (Lipinski definition) is 4. The number of aliphatic hydroxyl groups excluding tert-OH is 1. The van der Waals surface area contributed by atoms with Gasteiger partial charge in [0.2, 0.25) is 0 Å². The van der Waals surface area contributed by atoms with Gasteiger partial charge in [-0.25, -0.2) is 4.79 Å². The van der Waals surface area contributed by atoms with Gasteiger partial charge < -0.3 is 20.4 Å². The quantitative estimate of drug-likeness (QED) is 0.603. The Morgan fingerprint density at radius 3 is 2.56 bits per heavy atom. The third-order valence-corrected chi connectivity index (χ3v) is 3.20. The molecule has 1 aromatic rings. The van der Waals surface area contributed by atoms with Crippen LogP contribution < -0.4 is 11.0 Å². The average Bonchev–Trinajstić information content (AvgIpc) is 2.84. The Balaban J connectivity index is 2.27. The SMILES string of the molecule is CC(C)c1[nH]c(=O)[nH]c1C(O)C1CCNC1. The first kappa shape index (κ1) is 11.4. The van der Waals surface area contributed by atoms with Crippen LogP contribution in [0.5, 0.6) is 0 Å². The molecule has 2 atom stereocenters. The van der Waals surface area contributed by atoms with Crippen LogP contribution in [-0.4, -0.2) is 28.2 Å². The zero-order valence-electron chi connectivity index (χ0n) is 9.71. The number of hydrogen-bond acceptors (Lipinski definition) is 3. The van der Waals surface area contributed by atoms with Crippen LogP contribution in [0.15, 0.2) is 4.79 Å². The van der Waals surface area contributed by atoms with Crippen molar-refractivity contribution in [2.45, 2.75) is 32.3 Å². The van der Waals surface area contributed by atoms with Crippen molar-refractivity contribution >= 4 is 0 Å². The van der Waals surface area contributed by atoms with E-state index in [0.29, 0.717) is 5.69 Å². The molecule has 5 heteroatoms. The van der Waals surface area contributed by atoms with E-state index in [1.165, 1.54) is 0 Å². The van der Waals surface area contributed by atoms with Gasteiger partial charge in [0.05, 0.1) is 11.8 Å². The topological polar surface area (TPSA) is 80.9 Å². The molecule has 90 valence electrons. The van der Waals surface area contributed by atoms with E-state index < -0.39 is 6.10 Å². The van der Waals surface area contributed by atoms with Gasteiger partial charge >= 0.3 is 5.69 Å². The molecule has 5 nitrogen and oxygen atoms in total. The number of imidazole rings is 1.